The lowest BCUT2D eigenvalue weighted by Crippen LogP contribution is -2.39. The van der Waals surface area contributed by atoms with Gasteiger partial charge in [-0.05, 0) is 35.9 Å². The van der Waals surface area contributed by atoms with Crippen molar-refractivity contribution < 1.29 is 9.47 Å². The van der Waals surface area contributed by atoms with Crippen molar-refractivity contribution >= 4 is 22.9 Å². The second-order valence-electron chi connectivity index (χ2n) is 7.54. The number of aliphatic imine (C=N–C) groups is 1. The number of fused-ring (bicyclic) bond motifs is 4. The van der Waals surface area contributed by atoms with Gasteiger partial charge in [0, 0.05) is 41.5 Å². The van der Waals surface area contributed by atoms with E-state index in [2.05, 4.69) is 50.9 Å². The molecular weight excluding hydrogens is 390 g/mol. The van der Waals surface area contributed by atoms with Gasteiger partial charge in [-0.1, -0.05) is 18.2 Å². The molecule has 3 aliphatic rings. The minimum atomic E-state index is -0.0104. The molecule has 0 radical (unpaired) electrons. The first-order valence-corrected chi connectivity index (χ1v) is 10.3. The highest BCUT2D eigenvalue weighted by Crippen LogP contribution is 2.41. The molecular formula is C24H21N5O2. The quantitative estimate of drug-likeness (QED) is 0.662. The van der Waals surface area contributed by atoms with E-state index in [0.29, 0.717) is 19.9 Å². The second kappa shape index (κ2) is 7.36. The normalized spacial score (nSPS) is 18.7. The number of amidine groups is 1. The van der Waals surface area contributed by atoms with Crippen molar-refractivity contribution in [3.8, 4) is 11.5 Å². The minimum absolute atomic E-state index is 0.0104. The first-order chi connectivity index (χ1) is 15.3. The number of ether oxygens (including phenoxy) is 2. The van der Waals surface area contributed by atoms with E-state index in [0.717, 1.165) is 45.5 Å². The van der Waals surface area contributed by atoms with Crippen LogP contribution in [0, 0.1) is 0 Å². The Balaban J connectivity index is 1.34. The van der Waals surface area contributed by atoms with Gasteiger partial charge in [0.1, 0.15) is 31.9 Å². The molecule has 7 nitrogen and oxygen atoms in total. The highest BCUT2D eigenvalue weighted by Gasteiger charge is 2.31. The molecule has 31 heavy (non-hydrogen) atoms. The maximum Gasteiger partial charge on any atom is 0.163 e. The summed E-state index contributed by atoms with van der Waals surface area (Å²) in [5, 5.41) is 7.08. The first-order valence-electron chi connectivity index (χ1n) is 10.3. The molecule has 0 bridgehead atoms. The van der Waals surface area contributed by atoms with Crippen LogP contribution in [-0.2, 0) is 0 Å². The van der Waals surface area contributed by atoms with Crippen LogP contribution in [0.15, 0.2) is 78.1 Å². The summed E-state index contributed by atoms with van der Waals surface area (Å²) in [6.07, 6.45) is 5.74. The maximum atomic E-state index is 5.71. The number of anilines is 2. The van der Waals surface area contributed by atoms with E-state index in [1.807, 2.05) is 42.7 Å². The van der Waals surface area contributed by atoms with E-state index < -0.39 is 0 Å². The average molecular weight is 411 g/mol. The second-order valence-corrected chi connectivity index (χ2v) is 7.54. The van der Waals surface area contributed by atoms with E-state index in [-0.39, 0.29) is 6.17 Å². The van der Waals surface area contributed by atoms with Crippen LogP contribution >= 0.6 is 0 Å². The predicted molar refractivity (Wildman–Crippen MR) is 120 cm³/mol. The number of pyridine rings is 1. The van der Waals surface area contributed by atoms with Crippen molar-refractivity contribution in [2.45, 2.75) is 6.17 Å². The standard InChI is InChI=1S/C24H21N5O2/c1-2-4-19-18(3-1)20-14-23(27-17-5-6-21-22(13-17)31-12-11-30-21)26-15-29(20)24(28-19)16-7-9-25-10-8-16/h1-10,13-14,24,28H,11-12,15H2,(H,26,27). The van der Waals surface area contributed by atoms with Gasteiger partial charge in [0.05, 0.1) is 5.70 Å². The van der Waals surface area contributed by atoms with Crippen LogP contribution in [0.1, 0.15) is 17.3 Å². The lowest BCUT2D eigenvalue weighted by molar-refractivity contribution is 0.171. The number of nitrogens with zero attached hydrogens (tertiary/aromatic N) is 3. The molecule has 2 aromatic carbocycles. The van der Waals surface area contributed by atoms with E-state index in [4.69, 9.17) is 14.5 Å². The molecule has 0 spiro atoms. The van der Waals surface area contributed by atoms with Crippen LogP contribution in [0.2, 0.25) is 0 Å². The molecule has 1 atom stereocenters. The largest absolute Gasteiger partial charge is 0.486 e. The van der Waals surface area contributed by atoms with Crippen LogP contribution in [-0.4, -0.2) is 35.6 Å². The lowest BCUT2D eigenvalue weighted by atomic mass is 10.0. The van der Waals surface area contributed by atoms with Gasteiger partial charge in [-0.3, -0.25) is 4.98 Å². The van der Waals surface area contributed by atoms with Crippen LogP contribution in [0.4, 0.5) is 11.4 Å². The molecule has 0 amide bonds. The summed E-state index contributed by atoms with van der Waals surface area (Å²) in [4.78, 5) is 11.2. The van der Waals surface area contributed by atoms with Gasteiger partial charge >= 0.3 is 0 Å². The fourth-order valence-corrected chi connectivity index (χ4v) is 4.15. The van der Waals surface area contributed by atoms with Gasteiger partial charge in [0.2, 0.25) is 0 Å². The third kappa shape index (κ3) is 3.24. The smallest absolute Gasteiger partial charge is 0.163 e. The summed E-state index contributed by atoms with van der Waals surface area (Å²) in [7, 11) is 0. The van der Waals surface area contributed by atoms with E-state index in [9.17, 15) is 0 Å². The Morgan fingerprint density at radius 3 is 2.71 bits per heavy atom. The Morgan fingerprint density at radius 1 is 0.968 bits per heavy atom. The fourth-order valence-electron chi connectivity index (χ4n) is 4.15. The zero-order valence-corrected chi connectivity index (χ0v) is 16.8. The molecule has 1 aromatic heterocycles. The summed E-state index contributed by atoms with van der Waals surface area (Å²) in [6, 6.07) is 18.3. The molecule has 6 rings (SSSR count). The zero-order chi connectivity index (χ0) is 20.6. The molecule has 0 saturated heterocycles. The van der Waals surface area contributed by atoms with Crippen molar-refractivity contribution in [3.05, 3.63) is 84.2 Å². The number of para-hydroxylation sites is 1. The Hall–Kier alpha value is -4.00. The fraction of sp³-hybridized carbons (Fsp3) is 0.167. The first kappa shape index (κ1) is 17.8. The number of aromatic nitrogens is 1. The van der Waals surface area contributed by atoms with E-state index in [1.165, 1.54) is 0 Å². The van der Waals surface area contributed by atoms with Crippen molar-refractivity contribution in [2.75, 3.05) is 30.5 Å². The van der Waals surface area contributed by atoms with Gasteiger partial charge < -0.3 is 25.0 Å². The monoisotopic (exact) mass is 411 g/mol. The van der Waals surface area contributed by atoms with Gasteiger partial charge in [-0.15, -0.1) is 0 Å². The highest BCUT2D eigenvalue weighted by atomic mass is 16.6. The van der Waals surface area contributed by atoms with Crippen LogP contribution in [0.5, 0.6) is 11.5 Å². The summed E-state index contributed by atoms with van der Waals surface area (Å²) < 4.78 is 11.3. The molecule has 0 fully saturated rings. The number of nitrogens with one attached hydrogen (secondary N) is 2. The summed E-state index contributed by atoms with van der Waals surface area (Å²) in [5.41, 5.74) is 5.46. The van der Waals surface area contributed by atoms with Crippen molar-refractivity contribution in [2.24, 2.45) is 4.99 Å². The van der Waals surface area contributed by atoms with Crippen molar-refractivity contribution in [1.82, 2.24) is 9.88 Å². The lowest BCUT2D eigenvalue weighted by Gasteiger charge is -2.42. The Kier molecular flexibility index (Phi) is 4.23. The van der Waals surface area contributed by atoms with Gasteiger partial charge in [0.15, 0.2) is 11.5 Å². The molecule has 1 unspecified atom stereocenters. The van der Waals surface area contributed by atoms with Crippen LogP contribution < -0.4 is 20.1 Å². The molecule has 4 heterocycles. The highest BCUT2D eigenvalue weighted by molar-refractivity contribution is 6.09. The molecule has 0 saturated carbocycles. The van der Waals surface area contributed by atoms with Crippen molar-refractivity contribution in [1.29, 1.82) is 0 Å². The average Bonchev–Trinajstić information content (AvgIpc) is 2.84. The van der Waals surface area contributed by atoms with Gasteiger partial charge in [0.25, 0.3) is 0 Å². The van der Waals surface area contributed by atoms with E-state index in [1.54, 1.807) is 0 Å². The molecule has 2 N–H and O–H groups in total. The Labute approximate surface area is 180 Å². The molecule has 0 aliphatic carbocycles. The molecule has 154 valence electrons. The minimum Gasteiger partial charge on any atom is -0.486 e. The molecule has 7 heteroatoms. The number of benzene rings is 2. The number of rotatable bonds is 2. The predicted octanol–water partition coefficient (Wildman–Crippen LogP) is 4.10. The summed E-state index contributed by atoms with van der Waals surface area (Å²) in [5.74, 6) is 2.35. The molecule has 3 aliphatic heterocycles. The van der Waals surface area contributed by atoms with Crippen LogP contribution in [0.25, 0.3) is 5.70 Å². The van der Waals surface area contributed by atoms with E-state index >= 15 is 0 Å². The molecule has 3 aromatic rings. The van der Waals surface area contributed by atoms with Gasteiger partial charge in [-0.25, -0.2) is 4.99 Å². The number of hydrogen-bond acceptors (Lipinski definition) is 7. The zero-order valence-electron chi connectivity index (χ0n) is 16.8. The topological polar surface area (TPSA) is 71.0 Å². The number of hydrogen-bond donors (Lipinski definition) is 2. The van der Waals surface area contributed by atoms with Crippen LogP contribution in [0.3, 0.4) is 0 Å². The maximum absolute atomic E-state index is 5.71. The van der Waals surface area contributed by atoms with Gasteiger partial charge in [-0.2, -0.15) is 0 Å². The van der Waals surface area contributed by atoms with Crippen molar-refractivity contribution in [3.63, 3.8) is 0 Å². The summed E-state index contributed by atoms with van der Waals surface area (Å²) in [6.45, 7) is 1.68. The Morgan fingerprint density at radius 2 is 1.81 bits per heavy atom. The third-order valence-corrected chi connectivity index (χ3v) is 5.62. The Bertz CT molecular complexity index is 1190. The summed E-state index contributed by atoms with van der Waals surface area (Å²) >= 11 is 0. The third-order valence-electron chi connectivity index (χ3n) is 5.62. The SMILES string of the molecule is C1=C2c3ccccc3NC(c3ccncc3)N2CN=C1Nc1ccc2c(c1)OCCO2.